The fourth-order valence-corrected chi connectivity index (χ4v) is 5.40. The largest absolute Gasteiger partial charge is 0.369 e. The summed E-state index contributed by atoms with van der Waals surface area (Å²) < 4.78 is 1.84. The fourth-order valence-electron chi connectivity index (χ4n) is 5.40. The monoisotopic (exact) mass is 409 g/mol. The summed E-state index contributed by atoms with van der Waals surface area (Å²) in [6, 6.07) is 6.39. The van der Waals surface area contributed by atoms with Crippen LogP contribution >= 0.6 is 0 Å². The highest BCUT2D eigenvalue weighted by atomic mass is 16.2. The number of carbonyl (C=O) groups is 1. The van der Waals surface area contributed by atoms with E-state index in [1.807, 2.05) is 28.6 Å². The Balaban J connectivity index is 1.30. The van der Waals surface area contributed by atoms with Crippen molar-refractivity contribution in [3.8, 4) is 0 Å². The lowest BCUT2D eigenvalue weighted by Crippen LogP contribution is -2.57. The number of likely N-dealkylation sites (tertiary alicyclic amines) is 1. The number of fused-ring (bicyclic) bond motifs is 1. The van der Waals surface area contributed by atoms with Gasteiger partial charge >= 0.3 is 0 Å². The van der Waals surface area contributed by atoms with Gasteiger partial charge in [0.2, 0.25) is 5.91 Å². The van der Waals surface area contributed by atoms with Crippen molar-refractivity contribution in [1.82, 2.24) is 19.4 Å². The van der Waals surface area contributed by atoms with Gasteiger partial charge in [-0.2, -0.15) is 0 Å². The first-order chi connectivity index (χ1) is 14.6. The summed E-state index contributed by atoms with van der Waals surface area (Å²) in [6.07, 6.45) is 8.35. The van der Waals surface area contributed by atoms with Gasteiger partial charge in [0.05, 0.1) is 23.3 Å². The number of hydrogen-bond donors (Lipinski definition) is 0. The highest BCUT2D eigenvalue weighted by Crippen LogP contribution is 2.29. The smallest absolute Gasteiger partial charge is 0.261 e. The van der Waals surface area contributed by atoms with Crippen LogP contribution in [-0.4, -0.2) is 71.1 Å². The van der Waals surface area contributed by atoms with E-state index in [9.17, 15) is 9.59 Å². The van der Waals surface area contributed by atoms with E-state index in [-0.39, 0.29) is 17.5 Å². The molecule has 0 N–H and O–H groups in total. The zero-order valence-electron chi connectivity index (χ0n) is 17.8. The Bertz CT molecular complexity index is 989. The van der Waals surface area contributed by atoms with E-state index in [1.165, 1.54) is 12.8 Å². The quantitative estimate of drug-likeness (QED) is 0.778. The lowest BCUT2D eigenvalue weighted by Gasteiger charge is -2.42. The van der Waals surface area contributed by atoms with Crippen LogP contribution in [0.5, 0.6) is 0 Å². The summed E-state index contributed by atoms with van der Waals surface area (Å²) in [6.45, 7) is 4.43. The molecule has 1 aliphatic carbocycles. The van der Waals surface area contributed by atoms with E-state index in [4.69, 9.17) is 0 Å². The van der Waals surface area contributed by atoms with Crippen molar-refractivity contribution in [3.63, 3.8) is 0 Å². The van der Waals surface area contributed by atoms with Crippen molar-refractivity contribution in [2.75, 3.05) is 44.7 Å². The maximum atomic E-state index is 12.9. The van der Waals surface area contributed by atoms with Gasteiger partial charge in [0.1, 0.15) is 0 Å². The van der Waals surface area contributed by atoms with E-state index in [2.05, 4.69) is 20.9 Å². The molecule has 0 bridgehead atoms. The fraction of sp³-hybridized carbons (Fsp3) is 0.609. The molecule has 3 heterocycles. The molecular weight excluding hydrogens is 378 g/mol. The molecule has 30 heavy (non-hydrogen) atoms. The average molecular weight is 410 g/mol. The zero-order chi connectivity index (χ0) is 20.7. The van der Waals surface area contributed by atoms with Crippen molar-refractivity contribution in [2.45, 2.75) is 50.6 Å². The Hall–Kier alpha value is -2.41. The molecule has 7 nitrogen and oxygen atoms in total. The van der Waals surface area contributed by atoms with Gasteiger partial charge in [-0.15, -0.1) is 0 Å². The van der Waals surface area contributed by atoms with Crippen LogP contribution in [0.3, 0.4) is 0 Å². The molecule has 1 unspecified atom stereocenters. The lowest BCUT2D eigenvalue weighted by atomic mass is 10.0. The number of anilines is 1. The zero-order valence-corrected chi connectivity index (χ0v) is 17.8. The van der Waals surface area contributed by atoms with Crippen molar-refractivity contribution in [3.05, 3.63) is 34.9 Å². The Morgan fingerprint density at radius 1 is 0.933 bits per heavy atom. The SMILES string of the molecule is CN1CCCC(N2CCN(c3ccc4c(=O)n(C5CCCC5)cnc4c3)CC2)C1=O. The van der Waals surface area contributed by atoms with E-state index < -0.39 is 0 Å². The second-order valence-corrected chi connectivity index (χ2v) is 9.04. The van der Waals surface area contributed by atoms with Crippen LogP contribution in [0.1, 0.15) is 44.6 Å². The molecule has 2 aliphatic heterocycles. The Morgan fingerprint density at radius 3 is 2.47 bits per heavy atom. The molecule has 1 aromatic carbocycles. The highest BCUT2D eigenvalue weighted by Gasteiger charge is 2.33. The molecule has 0 spiro atoms. The normalized spacial score (nSPS) is 24.2. The number of hydrogen-bond acceptors (Lipinski definition) is 5. The molecule has 3 aliphatic rings. The van der Waals surface area contributed by atoms with Gasteiger partial charge in [-0.05, 0) is 43.9 Å². The van der Waals surface area contributed by atoms with E-state index in [0.717, 1.165) is 69.6 Å². The first kappa shape index (κ1) is 19.5. The molecule has 0 radical (unpaired) electrons. The van der Waals surface area contributed by atoms with E-state index >= 15 is 0 Å². The number of rotatable bonds is 3. The van der Waals surface area contributed by atoms with Crippen LogP contribution in [0.4, 0.5) is 5.69 Å². The van der Waals surface area contributed by atoms with Crippen LogP contribution in [-0.2, 0) is 4.79 Å². The van der Waals surface area contributed by atoms with Gasteiger partial charge in [-0.25, -0.2) is 4.98 Å². The van der Waals surface area contributed by atoms with Gasteiger partial charge in [-0.3, -0.25) is 19.1 Å². The minimum absolute atomic E-state index is 0.0400. The number of piperidine rings is 1. The Kier molecular flexibility index (Phi) is 5.23. The third-order valence-corrected chi connectivity index (χ3v) is 7.24. The standard InChI is InChI=1S/C23H31N5O2/c1-25-10-4-7-21(23(25)30)27-13-11-26(12-14-27)18-8-9-19-20(15-18)24-16-28(22(19)29)17-5-2-3-6-17/h8-9,15-17,21H,2-7,10-14H2,1H3. The molecular formula is C23H31N5O2. The topological polar surface area (TPSA) is 61.7 Å². The summed E-state index contributed by atoms with van der Waals surface area (Å²) >= 11 is 0. The minimum Gasteiger partial charge on any atom is -0.369 e. The first-order valence-corrected chi connectivity index (χ1v) is 11.4. The van der Waals surface area contributed by atoms with Gasteiger partial charge in [0, 0.05) is 51.5 Å². The molecule has 2 saturated heterocycles. The molecule has 5 rings (SSSR count). The Morgan fingerprint density at radius 2 is 1.70 bits per heavy atom. The van der Waals surface area contributed by atoms with Gasteiger partial charge in [0.15, 0.2) is 0 Å². The lowest BCUT2D eigenvalue weighted by molar-refractivity contribution is -0.138. The number of amides is 1. The predicted octanol–water partition coefficient (Wildman–Crippen LogP) is 2.25. The van der Waals surface area contributed by atoms with Crippen LogP contribution in [0, 0.1) is 0 Å². The van der Waals surface area contributed by atoms with Crippen molar-refractivity contribution >= 4 is 22.5 Å². The molecule has 1 saturated carbocycles. The van der Waals surface area contributed by atoms with E-state index in [1.54, 1.807) is 6.33 Å². The van der Waals surface area contributed by atoms with Crippen molar-refractivity contribution in [2.24, 2.45) is 0 Å². The molecule has 7 heteroatoms. The van der Waals surface area contributed by atoms with Crippen LogP contribution in [0.2, 0.25) is 0 Å². The molecule has 1 atom stereocenters. The second kappa shape index (κ2) is 8.02. The van der Waals surface area contributed by atoms with Gasteiger partial charge < -0.3 is 9.80 Å². The number of likely N-dealkylation sites (N-methyl/N-ethyl adjacent to an activating group) is 1. The van der Waals surface area contributed by atoms with Gasteiger partial charge in [-0.1, -0.05) is 12.8 Å². The summed E-state index contributed by atoms with van der Waals surface area (Å²) in [4.78, 5) is 36.6. The predicted molar refractivity (Wildman–Crippen MR) is 118 cm³/mol. The summed E-state index contributed by atoms with van der Waals surface area (Å²) in [5.74, 6) is 0.267. The number of nitrogens with zero attached hydrogens (tertiary/aromatic N) is 5. The second-order valence-electron chi connectivity index (χ2n) is 9.04. The van der Waals surface area contributed by atoms with E-state index in [0.29, 0.717) is 11.4 Å². The number of benzene rings is 1. The first-order valence-electron chi connectivity index (χ1n) is 11.4. The summed E-state index contributed by atoms with van der Waals surface area (Å²) in [5.41, 5.74) is 1.97. The maximum Gasteiger partial charge on any atom is 0.261 e. The summed E-state index contributed by atoms with van der Waals surface area (Å²) in [7, 11) is 1.91. The number of aromatic nitrogens is 2. The number of carbonyl (C=O) groups excluding carboxylic acids is 1. The molecule has 1 amide bonds. The third kappa shape index (κ3) is 3.49. The van der Waals surface area contributed by atoms with Gasteiger partial charge in [0.25, 0.3) is 5.56 Å². The number of piperazine rings is 1. The molecule has 1 aromatic heterocycles. The maximum absolute atomic E-state index is 12.9. The highest BCUT2D eigenvalue weighted by molar-refractivity contribution is 5.83. The minimum atomic E-state index is 0.0400. The molecule has 3 fully saturated rings. The molecule has 160 valence electrons. The Labute approximate surface area is 177 Å². The van der Waals surface area contributed by atoms with Crippen LogP contribution in [0.25, 0.3) is 10.9 Å². The van der Waals surface area contributed by atoms with Crippen molar-refractivity contribution in [1.29, 1.82) is 0 Å². The van der Waals surface area contributed by atoms with Crippen LogP contribution < -0.4 is 10.5 Å². The molecule has 2 aromatic rings. The third-order valence-electron chi connectivity index (χ3n) is 7.24. The van der Waals surface area contributed by atoms with Crippen LogP contribution in [0.15, 0.2) is 29.3 Å². The summed E-state index contributed by atoms with van der Waals surface area (Å²) in [5, 5.41) is 0.711. The van der Waals surface area contributed by atoms with Crippen molar-refractivity contribution < 1.29 is 4.79 Å². The average Bonchev–Trinajstić information content (AvgIpc) is 3.30.